The third kappa shape index (κ3) is 2.66. The van der Waals surface area contributed by atoms with E-state index in [1.54, 1.807) is 12.1 Å². The monoisotopic (exact) mass is 304 g/mol. The van der Waals surface area contributed by atoms with Crippen molar-refractivity contribution in [2.45, 2.75) is 37.6 Å². The van der Waals surface area contributed by atoms with E-state index in [4.69, 9.17) is 0 Å². The van der Waals surface area contributed by atoms with Gasteiger partial charge in [0.1, 0.15) is 11.6 Å². The summed E-state index contributed by atoms with van der Waals surface area (Å²) in [6.07, 6.45) is 3.40. The van der Waals surface area contributed by atoms with Crippen LogP contribution in [0.1, 0.15) is 37.1 Å². The first-order valence-corrected chi connectivity index (χ1v) is 7.28. The summed E-state index contributed by atoms with van der Waals surface area (Å²) in [5, 5.41) is 8.84. The number of amides is 1. The fraction of sp³-hybridized carbons (Fsp3) is 0.400. The number of nitrogens with zero attached hydrogens (tertiary/aromatic N) is 1. The molecule has 22 heavy (non-hydrogen) atoms. The van der Waals surface area contributed by atoms with Crippen LogP contribution in [-0.2, 0) is 16.8 Å². The van der Waals surface area contributed by atoms with Crippen LogP contribution >= 0.6 is 0 Å². The predicted molar refractivity (Wildman–Crippen MR) is 77.6 cm³/mol. The van der Waals surface area contributed by atoms with E-state index in [1.165, 1.54) is 12.1 Å². The highest BCUT2D eigenvalue weighted by atomic mass is 19.1. The Morgan fingerprint density at radius 3 is 2.55 bits per heavy atom. The Hall–Kier alpha value is -2.44. The maximum Gasteiger partial charge on any atom is 0.340 e. The quantitative estimate of drug-likeness (QED) is 0.796. The fourth-order valence-electron chi connectivity index (χ4n) is 3.12. The molecule has 116 valence electrons. The molecule has 7 heteroatoms. The van der Waals surface area contributed by atoms with Gasteiger partial charge in [-0.25, -0.2) is 14.3 Å². The normalized spacial score (nSPS) is 16.6. The van der Waals surface area contributed by atoms with Crippen molar-refractivity contribution < 1.29 is 9.18 Å². The largest absolute Gasteiger partial charge is 0.348 e. The highest BCUT2D eigenvalue weighted by Crippen LogP contribution is 2.41. The van der Waals surface area contributed by atoms with Crippen molar-refractivity contribution in [2.24, 2.45) is 0 Å². The van der Waals surface area contributed by atoms with Crippen molar-refractivity contribution in [1.82, 2.24) is 20.5 Å². The molecule has 0 aliphatic heterocycles. The van der Waals surface area contributed by atoms with Crippen LogP contribution in [0, 0.1) is 5.82 Å². The summed E-state index contributed by atoms with van der Waals surface area (Å²) in [6, 6.07) is 6.12. The molecule has 1 aromatic heterocycles. The number of aromatic nitrogens is 3. The second-order valence-corrected chi connectivity index (χ2v) is 5.60. The van der Waals surface area contributed by atoms with Crippen LogP contribution in [0.2, 0.25) is 0 Å². The lowest BCUT2D eigenvalue weighted by Gasteiger charge is -2.28. The van der Waals surface area contributed by atoms with Gasteiger partial charge in [0.05, 0.1) is 12.0 Å². The fourth-order valence-corrected chi connectivity index (χ4v) is 3.12. The lowest BCUT2D eigenvalue weighted by atomic mass is 9.78. The zero-order valence-corrected chi connectivity index (χ0v) is 12.0. The molecule has 0 spiro atoms. The summed E-state index contributed by atoms with van der Waals surface area (Å²) in [5.41, 5.74) is -0.192. The summed E-state index contributed by atoms with van der Waals surface area (Å²) in [4.78, 5) is 26.2. The Labute approximate surface area is 126 Å². The molecule has 1 aromatic carbocycles. The average Bonchev–Trinajstić information content (AvgIpc) is 3.15. The molecule has 2 aromatic rings. The molecule has 3 N–H and O–H groups in total. The van der Waals surface area contributed by atoms with Gasteiger partial charge in [0.15, 0.2) is 0 Å². The molecular formula is C15H17FN4O2. The lowest BCUT2D eigenvalue weighted by molar-refractivity contribution is -0.126. The second kappa shape index (κ2) is 5.75. The smallest absolute Gasteiger partial charge is 0.340 e. The SMILES string of the molecule is O=C(NCc1n[nH]c(=O)[nH]1)C1(c2ccc(F)cc2)CCCC1. The molecule has 0 atom stereocenters. The van der Waals surface area contributed by atoms with Crippen LogP contribution in [0.15, 0.2) is 29.1 Å². The number of H-pyrrole nitrogens is 2. The third-order valence-corrected chi connectivity index (χ3v) is 4.26. The van der Waals surface area contributed by atoms with Crippen molar-refractivity contribution in [3.05, 3.63) is 52.0 Å². The Morgan fingerprint density at radius 1 is 1.27 bits per heavy atom. The molecule has 3 rings (SSSR count). The minimum atomic E-state index is -0.621. The highest BCUT2D eigenvalue weighted by molar-refractivity contribution is 5.88. The summed E-state index contributed by atoms with van der Waals surface area (Å²) in [6.45, 7) is 0.153. The average molecular weight is 304 g/mol. The number of aromatic amines is 2. The van der Waals surface area contributed by atoms with E-state index in [1.807, 2.05) is 0 Å². The van der Waals surface area contributed by atoms with E-state index >= 15 is 0 Å². The van der Waals surface area contributed by atoms with Crippen molar-refractivity contribution in [3.8, 4) is 0 Å². The number of benzene rings is 1. The van der Waals surface area contributed by atoms with Gasteiger partial charge in [0, 0.05) is 0 Å². The maximum absolute atomic E-state index is 13.1. The van der Waals surface area contributed by atoms with E-state index in [0.29, 0.717) is 5.82 Å². The van der Waals surface area contributed by atoms with Crippen molar-refractivity contribution in [1.29, 1.82) is 0 Å². The number of nitrogens with one attached hydrogen (secondary N) is 3. The van der Waals surface area contributed by atoms with Gasteiger partial charge in [-0.15, -0.1) is 0 Å². The number of hydrogen-bond donors (Lipinski definition) is 3. The standard InChI is InChI=1S/C15H17FN4O2/c16-11-5-3-10(4-6-11)15(7-1-2-8-15)13(21)17-9-12-18-14(22)20-19-12/h3-6H,1-2,7-9H2,(H,17,21)(H2,18,19,20,22). The van der Waals surface area contributed by atoms with Crippen LogP contribution in [0.4, 0.5) is 4.39 Å². The van der Waals surface area contributed by atoms with Crippen LogP contribution in [0.25, 0.3) is 0 Å². The first-order valence-electron chi connectivity index (χ1n) is 7.28. The van der Waals surface area contributed by atoms with Crippen LogP contribution in [0.5, 0.6) is 0 Å². The minimum Gasteiger partial charge on any atom is -0.348 e. The number of carbonyl (C=O) groups excluding carboxylic acids is 1. The molecular weight excluding hydrogens is 287 g/mol. The Bertz CT molecular complexity index is 714. The summed E-state index contributed by atoms with van der Waals surface area (Å²) < 4.78 is 13.1. The van der Waals surface area contributed by atoms with E-state index in [-0.39, 0.29) is 18.3 Å². The third-order valence-electron chi connectivity index (χ3n) is 4.26. The van der Waals surface area contributed by atoms with E-state index in [2.05, 4.69) is 20.5 Å². The molecule has 1 aliphatic carbocycles. The highest BCUT2D eigenvalue weighted by Gasteiger charge is 2.42. The van der Waals surface area contributed by atoms with Gasteiger partial charge in [0.25, 0.3) is 0 Å². The lowest BCUT2D eigenvalue weighted by Crippen LogP contribution is -2.42. The number of carbonyl (C=O) groups is 1. The van der Waals surface area contributed by atoms with Gasteiger partial charge in [-0.3, -0.25) is 9.78 Å². The zero-order chi connectivity index (χ0) is 15.6. The molecule has 0 bridgehead atoms. The van der Waals surface area contributed by atoms with Crippen LogP contribution < -0.4 is 11.0 Å². The Morgan fingerprint density at radius 2 is 1.95 bits per heavy atom. The number of hydrogen-bond acceptors (Lipinski definition) is 3. The Kier molecular flexibility index (Phi) is 3.79. The van der Waals surface area contributed by atoms with Crippen LogP contribution in [-0.4, -0.2) is 21.1 Å². The van der Waals surface area contributed by atoms with E-state index in [0.717, 1.165) is 31.2 Å². The van der Waals surface area contributed by atoms with E-state index < -0.39 is 11.1 Å². The molecule has 1 saturated carbocycles. The van der Waals surface area contributed by atoms with Gasteiger partial charge >= 0.3 is 5.69 Å². The molecule has 1 heterocycles. The first kappa shape index (κ1) is 14.5. The topological polar surface area (TPSA) is 90.6 Å². The second-order valence-electron chi connectivity index (χ2n) is 5.60. The number of halogens is 1. The Balaban J connectivity index is 1.79. The molecule has 0 saturated heterocycles. The van der Waals surface area contributed by atoms with Gasteiger partial charge in [-0.2, -0.15) is 5.10 Å². The van der Waals surface area contributed by atoms with Crippen molar-refractivity contribution in [2.75, 3.05) is 0 Å². The van der Waals surface area contributed by atoms with E-state index in [9.17, 15) is 14.0 Å². The van der Waals surface area contributed by atoms with Crippen LogP contribution in [0.3, 0.4) is 0 Å². The van der Waals surface area contributed by atoms with Gasteiger partial charge < -0.3 is 5.32 Å². The first-order chi connectivity index (χ1) is 10.6. The van der Waals surface area contributed by atoms with Crippen molar-refractivity contribution >= 4 is 5.91 Å². The molecule has 1 aliphatic rings. The summed E-state index contributed by atoms with van der Waals surface area (Å²) in [5.74, 6) is -0.0440. The number of rotatable bonds is 4. The van der Waals surface area contributed by atoms with Gasteiger partial charge in [-0.05, 0) is 30.5 Å². The van der Waals surface area contributed by atoms with Gasteiger partial charge in [-0.1, -0.05) is 25.0 Å². The minimum absolute atomic E-state index is 0.111. The summed E-state index contributed by atoms with van der Waals surface area (Å²) >= 11 is 0. The van der Waals surface area contributed by atoms with Gasteiger partial charge in [0.2, 0.25) is 5.91 Å². The molecule has 1 fully saturated rings. The molecule has 1 amide bonds. The van der Waals surface area contributed by atoms with Crippen molar-refractivity contribution in [3.63, 3.8) is 0 Å². The predicted octanol–water partition coefficient (Wildman–Crippen LogP) is 1.37. The molecule has 0 unspecified atom stereocenters. The zero-order valence-electron chi connectivity index (χ0n) is 12.0. The molecule has 6 nitrogen and oxygen atoms in total. The molecule has 0 radical (unpaired) electrons. The maximum atomic E-state index is 13.1. The summed E-state index contributed by atoms with van der Waals surface area (Å²) in [7, 11) is 0.